The fourth-order valence-corrected chi connectivity index (χ4v) is 1.91. The Bertz CT molecular complexity index is 536. The molecule has 0 radical (unpaired) electrons. The van der Waals surface area contributed by atoms with E-state index in [0.717, 1.165) is 0 Å². The van der Waals surface area contributed by atoms with Crippen molar-refractivity contribution in [2.45, 2.75) is 26.1 Å². The largest absolute Gasteiger partial charge is 0.445 e. The highest BCUT2D eigenvalue weighted by molar-refractivity contribution is 7.15. The number of hydrogen-bond donors (Lipinski definition) is 1. The Hall–Kier alpha value is -1.64. The average molecular weight is 278 g/mol. The first kappa shape index (κ1) is 12.8. The molecule has 0 aliphatic heterocycles. The van der Waals surface area contributed by atoms with Crippen molar-refractivity contribution in [2.75, 3.05) is 5.32 Å². The summed E-state index contributed by atoms with van der Waals surface area (Å²) < 4.78 is 42.2. The Balaban J connectivity index is 2.08. The van der Waals surface area contributed by atoms with E-state index in [2.05, 4.69) is 20.5 Å². The molecular weight excluding hydrogens is 269 g/mol. The number of aromatic nitrogens is 3. The Kier molecular flexibility index (Phi) is 3.24. The van der Waals surface area contributed by atoms with Crippen LogP contribution < -0.4 is 5.32 Å². The molecule has 1 unspecified atom stereocenters. The summed E-state index contributed by atoms with van der Waals surface area (Å²) in [6.45, 7) is 3.44. The van der Waals surface area contributed by atoms with E-state index in [1.807, 2.05) is 0 Å². The van der Waals surface area contributed by atoms with Crippen LogP contribution in [0.1, 0.15) is 29.6 Å². The fraction of sp³-hybridized carbons (Fsp3) is 0.444. The summed E-state index contributed by atoms with van der Waals surface area (Å²) in [6, 6.07) is -0.382. The van der Waals surface area contributed by atoms with Crippen molar-refractivity contribution in [1.82, 2.24) is 15.2 Å². The lowest BCUT2D eigenvalue weighted by Crippen LogP contribution is -2.06. The molecule has 0 bridgehead atoms. The van der Waals surface area contributed by atoms with Crippen LogP contribution >= 0.6 is 11.3 Å². The normalized spacial score (nSPS) is 13.6. The van der Waals surface area contributed by atoms with Crippen LogP contribution in [0.4, 0.5) is 18.3 Å². The molecule has 0 saturated heterocycles. The molecule has 1 N–H and O–H groups in total. The Morgan fingerprint density at radius 1 is 1.39 bits per heavy atom. The van der Waals surface area contributed by atoms with Crippen LogP contribution in [0.15, 0.2) is 10.6 Å². The number of oxazole rings is 1. The number of alkyl halides is 3. The summed E-state index contributed by atoms with van der Waals surface area (Å²) >= 11 is 0.442. The number of hydrogen-bond acceptors (Lipinski definition) is 6. The third kappa shape index (κ3) is 2.78. The minimum atomic E-state index is -4.47. The highest BCUT2D eigenvalue weighted by Gasteiger charge is 2.35. The predicted octanol–water partition coefficient (Wildman–Crippen LogP) is 3.03. The van der Waals surface area contributed by atoms with Crippen LogP contribution in [-0.2, 0) is 6.18 Å². The van der Waals surface area contributed by atoms with Crippen LogP contribution in [0.2, 0.25) is 0 Å². The zero-order chi connectivity index (χ0) is 13.3. The molecule has 18 heavy (non-hydrogen) atoms. The molecule has 0 amide bonds. The highest BCUT2D eigenvalue weighted by Crippen LogP contribution is 2.33. The van der Waals surface area contributed by atoms with Crippen molar-refractivity contribution in [3.05, 3.63) is 22.9 Å². The van der Waals surface area contributed by atoms with Gasteiger partial charge >= 0.3 is 6.18 Å². The van der Waals surface area contributed by atoms with E-state index in [4.69, 9.17) is 4.42 Å². The first-order chi connectivity index (χ1) is 8.36. The molecule has 0 saturated carbocycles. The van der Waals surface area contributed by atoms with Gasteiger partial charge in [-0.3, -0.25) is 0 Å². The summed E-state index contributed by atoms with van der Waals surface area (Å²) in [5.41, 5.74) is 0. The van der Waals surface area contributed by atoms with Gasteiger partial charge in [0.1, 0.15) is 11.8 Å². The van der Waals surface area contributed by atoms with Gasteiger partial charge in [0.25, 0.3) is 0 Å². The van der Waals surface area contributed by atoms with Gasteiger partial charge in [-0.05, 0) is 13.8 Å². The monoisotopic (exact) mass is 278 g/mol. The number of anilines is 1. The van der Waals surface area contributed by atoms with E-state index >= 15 is 0 Å². The second-order valence-corrected chi connectivity index (χ2v) is 4.56. The lowest BCUT2D eigenvalue weighted by molar-refractivity contribution is -0.138. The van der Waals surface area contributed by atoms with Crippen molar-refractivity contribution < 1.29 is 17.6 Å². The Morgan fingerprint density at radius 2 is 2.11 bits per heavy atom. The molecule has 1 atom stereocenters. The van der Waals surface area contributed by atoms with Gasteiger partial charge in [-0.1, -0.05) is 11.3 Å². The number of halogens is 3. The fourth-order valence-electron chi connectivity index (χ4n) is 1.22. The van der Waals surface area contributed by atoms with Crippen molar-refractivity contribution >= 4 is 16.5 Å². The average Bonchev–Trinajstić information content (AvgIpc) is 2.85. The summed E-state index contributed by atoms with van der Waals surface area (Å²) in [4.78, 5) is 3.97. The van der Waals surface area contributed by atoms with Gasteiger partial charge in [0.05, 0.1) is 6.20 Å². The van der Waals surface area contributed by atoms with Crippen LogP contribution in [0.5, 0.6) is 0 Å². The van der Waals surface area contributed by atoms with Crippen LogP contribution in [0.3, 0.4) is 0 Å². The van der Waals surface area contributed by atoms with Gasteiger partial charge in [0, 0.05) is 0 Å². The van der Waals surface area contributed by atoms with Gasteiger partial charge in [0.2, 0.25) is 16.0 Å². The SMILES string of the molecule is Cc1cnc(C(C)Nc2nnc(C(F)(F)F)s2)o1. The zero-order valence-electron chi connectivity index (χ0n) is 9.45. The Labute approximate surface area is 104 Å². The standard InChI is InChI=1S/C9H9F3N4OS/c1-4-3-13-6(17-4)5(2)14-8-16-15-7(18-8)9(10,11)12/h3,5H,1-2H3,(H,14,16). The van der Waals surface area contributed by atoms with Gasteiger partial charge in [-0.15, -0.1) is 10.2 Å². The minimum Gasteiger partial charge on any atom is -0.444 e. The molecule has 5 nitrogen and oxygen atoms in total. The second-order valence-electron chi connectivity index (χ2n) is 3.59. The van der Waals surface area contributed by atoms with Crippen LogP contribution in [0.25, 0.3) is 0 Å². The topological polar surface area (TPSA) is 63.8 Å². The molecule has 0 aliphatic rings. The molecular formula is C9H9F3N4OS. The molecule has 2 heterocycles. The zero-order valence-corrected chi connectivity index (χ0v) is 10.3. The Morgan fingerprint density at radius 3 is 2.61 bits per heavy atom. The smallest absolute Gasteiger partial charge is 0.444 e. The first-order valence-corrected chi connectivity index (χ1v) is 5.77. The number of nitrogens with one attached hydrogen (secondary N) is 1. The minimum absolute atomic E-state index is 0.0747. The maximum Gasteiger partial charge on any atom is 0.445 e. The van der Waals surface area contributed by atoms with Crippen LogP contribution in [-0.4, -0.2) is 15.2 Å². The molecule has 98 valence electrons. The lowest BCUT2D eigenvalue weighted by atomic mass is 10.3. The van der Waals surface area contributed by atoms with Crippen molar-refractivity contribution in [2.24, 2.45) is 0 Å². The molecule has 0 aromatic carbocycles. The summed E-state index contributed by atoms with van der Waals surface area (Å²) in [6.07, 6.45) is -2.94. The lowest BCUT2D eigenvalue weighted by Gasteiger charge is -2.07. The third-order valence-electron chi connectivity index (χ3n) is 2.02. The molecule has 0 aliphatic carbocycles. The van der Waals surface area contributed by atoms with Crippen molar-refractivity contribution in [1.29, 1.82) is 0 Å². The number of nitrogens with zero attached hydrogens (tertiary/aromatic N) is 3. The molecule has 2 aromatic heterocycles. The highest BCUT2D eigenvalue weighted by atomic mass is 32.1. The van der Waals surface area contributed by atoms with Crippen molar-refractivity contribution in [3.8, 4) is 0 Å². The molecule has 0 fully saturated rings. The quantitative estimate of drug-likeness (QED) is 0.935. The second kappa shape index (κ2) is 4.56. The molecule has 2 aromatic rings. The number of rotatable bonds is 3. The van der Waals surface area contributed by atoms with Gasteiger partial charge in [0.15, 0.2) is 0 Å². The van der Waals surface area contributed by atoms with Crippen molar-refractivity contribution in [3.63, 3.8) is 0 Å². The number of aryl methyl sites for hydroxylation is 1. The van der Waals surface area contributed by atoms with E-state index in [9.17, 15) is 13.2 Å². The maximum atomic E-state index is 12.3. The van der Waals surface area contributed by atoms with E-state index in [1.165, 1.54) is 6.20 Å². The summed E-state index contributed by atoms with van der Waals surface area (Å²) in [5.74, 6) is 1.02. The van der Waals surface area contributed by atoms with E-state index < -0.39 is 11.2 Å². The summed E-state index contributed by atoms with van der Waals surface area (Å²) in [5, 5.41) is 8.33. The van der Waals surface area contributed by atoms with E-state index in [0.29, 0.717) is 23.0 Å². The first-order valence-electron chi connectivity index (χ1n) is 4.96. The summed E-state index contributed by atoms with van der Waals surface area (Å²) in [7, 11) is 0. The third-order valence-corrected chi connectivity index (χ3v) is 2.92. The predicted molar refractivity (Wildman–Crippen MR) is 58.2 cm³/mol. The molecule has 9 heteroatoms. The van der Waals surface area contributed by atoms with E-state index in [-0.39, 0.29) is 11.2 Å². The van der Waals surface area contributed by atoms with Crippen LogP contribution in [0, 0.1) is 6.92 Å². The molecule has 0 spiro atoms. The van der Waals surface area contributed by atoms with Gasteiger partial charge in [-0.25, -0.2) is 4.98 Å². The maximum absolute atomic E-state index is 12.3. The molecule has 2 rings (SSSR count). The van der Waals surface area contributed by atoms with E-state index in [1.54, 1.807) is 13.8 Å². The van der Waals surface area contributed by atoms with Gasteiger partial charge < -0.3 is 9.73 Å². The van der Waals surface area contributed by atoms with Gasteiger partial charge in [-0.2, -0.15) is 13.2 Å².